The molecule has 1 saturated carbocycles. The Morgan fingerprint density at radius 1 is 1.28 bits per heavy atom. The van der Waals surface area contributed by atoms with Crippen molar-refractivity contribution in [2.75, 3.05) is 6.61 Å². The molecule has 1 aliphatic rings. The maximum absolute atomic E-state index is 12.4. The largest absolute Gasteiger partial charge is 0.506 e. The molecule has 1 N–H and O–H groups in total. The molecule has 0 aromatic carbocycles. The van der Waals surface area contributed by atoms with E-state index in [0.29, 0.717) is 17.7 Å². The van der Waals surface area contributed by atoms with E-state index in [4.69, 9.17) is 4.74 Å². The number of aromatic nitrogens is 3. The van der Waals surface area contributed by atoms with Gasteiger partial charge in [-0.05, 0) is 19.4 Å². The molecule has 0 spiro atoms. The molecule has 154 valence electrons. The summed E-state index contributed by atoms with van der Waals surface area (Å²) in [6, 6.07) is 1.34. The van der Waals surface area contributed by atoms with Crippen LogP contribution in [0.4, 0.5) is 13.2 Å². The molecule has 2 aromatic heterocycles. The van der Waals surface area contributed by atoms with Crippen LogP contribution in [0.15, 0.2) is 30.2 Å². The summed E-state index contributed by atoms with van der Waals surface area (Å²) >= 11 is 0. The number of ether oxygens (including phenoxy) is 1. The molecule has 0 atom stereocenters. The van der Waals surface area contributed by atoms with Crippen LogP contribution in [0.25, 0.3) is 5.76 Å². The summed E-state index contributed by atoms with van der Waals surface area (Å²) in [7, 11) is 0. The number of aliphatic hydroxyl groups excluding tert-OH is 1. The first-order valence-electron chi connectivity index (χ1n) is 8.82. The zero-order valence-electron chi connectivity index (χ0n) is 15.5. The Balaban J connectivity index is 1.80. The second-order valence-corrected chi connectivity index (χ2v) is 6.63. The second-order valence-electron chi connectivity index (χ2n) is 6.63. The lowest BCUT2D eigenvalue weighted by Crippen LogP contribution is -2.20. The normalized spacial score (nSPS) is 15.0. The molecule has 2 heterocycles. The summed E-state index contributed by atoms with van der Waals surface area (Å²) in [5, 5.41) is 14.4. The van der Waals surface area contributed by atoms with Crippen molar-refractivity contribution in [3.63, 3.8) is 0 Å². The number of nitrogens with zero attached hydrogens (tertiary/aromatic N) is 3. The van der Waals surface area contributed by atoms with E-state index in [1.54, 1.807) is 6.92 Å². The van der Waals surface area contributed by atoms with Crippen molar-refractivity contribution in [3.05, 3.63) is 47.1 Å². The highest BCUT2D eigenvalue weighted by Gasteiger charge is 2.29. The van der Waals surface area contributed by atoms with Gasteiger partial charge in [0.2, 0.25) is 0 Å². The van der Waals surface area contributed by atoms with Crippen LogP contribution < -0.4 is 4.74 Å². The van der Waals surface area contributed by atoms with Gasteiger partial charge in [0, 0.05) is 30.8 Å². The van der Waals surface area contributed by atoms with E-state index in [1.807, 2.05) is 0 Å². The van der Waals surface area contributed by atoms with Crippen LogP contribution in [-0.4, -0.2) is 44.2 Å². The van der Waals surface area contributed by atoms with Gasteiger partial charge in [-0.2, -0.15) is 18.3 Å². The monoisotopic (exact) mass is 409 g/mol. The van der Waals surface area contributed by atoms with Crippen LogP contribution in [0.3, 0.4) is 0 Å². The number of allylic oxidation sites excluding steroid dienone is 1. The van der Waals surface area contributed by atoms with E-state index in [1.165, 1.54) is 29.3 Å². The number of carbonyl (C=O) groups is 2. The molecule has 7 nitrogen and oxygen atoms in total. The van der Waals surface area contributed by atoms with E-state index in [-0.39, 0.29) is 36.3 Å². The number of pyridine rings is 1. The number of ketones is 2. The van der Waals surface area contributed by atoms with Crippen LogP contribution in [0.1, 0.15) is 36.1 Å². The Morgan fingerprint density at radius 2 is 1.97 bits per heavy atom. The lowest BCUT2D eigenvalue weighted by Gasteiger charge is -2.13. The third kappa shape index (κ3) is 4.82. The van der Waals surface area contributed by atoms with Crippen molar-refractivity contribution in [2.45, 2.75) is 38.9 Å². The highest BCUT2D eigenvalue weighted by molar-refractivity contribution is 6.25. The number of carbonyl (C=O) groups excluding carboxylic acids is 2. The van der Waals surface area contributed by atoms with Gasteiger partial charge >= 0.3 is 6.18 Å². The number of hydrogen-bond acceptors (Lipinski definition) is 6. The fourth-order valence-corrected chi connectivity index (χ4v) is 2.98. The van der Waals surface area contributed by atoms with Gasteiger partial charge in [-0.25, -0.2) is 0 Å². The van der Waals surface area contributed by atoms with Crippen molar-refractivity contribution in [1.82, 2.24) is 14.8 Å². The van der Waals surface area contributed by atoms with Crippen molar-refractivity contribution < 1.29 is 32.6 Å². The van der Waals surface area contributed by atoms with Crippen LogP contribution in [-0.2, 0) is 16.1 Å². The molecule has 1 fully saturated rings. The van der Waals surface area contributed by atoms with Gasteiger partial charge in [0.1, 0.15) is 17.1 Å². The minimum absolute atomic E-state index is 0.0584. The maximum atomic E-state index is 12.4. The molecular formula is C19H18F3N3O4. The Kier molecular flexibility index (Phi) is 5.71. The first kappa shape index (κ1) is 20.6. The fraction of sp³-hybridized carbons (Fsp3) is 0.368. The molecule has 29 heavy (non-hydrogen) atoms. The standard InChI is InChI=1S/C19H18F3N3O4/c1-11-13(23-6-5-16(11)29-10-19(20,21)22)9-25-8-12(7-24-25)18(28)17-14(26)3-2-4-15(17)27/h5-8,28H,2-4,9-10H2,1H3. The summed E-state index contributed by atoms with van der Waals surface area (Å²) < 4.78 is 43.3. The predicted octanol–water partition coefficient (Wildman–Crippen LogP) is 3.17. The van der Waals surface area contributed by atoms with E-state index >= 15 is 0 Å². The summed E-state index contributed by atoms with van der Waals surface area (Å²) in [4.78, 5) is 28.1. The summed E-state index contributed by atoms with van der Waals surface area (Å²) in [6.45, 7) is 0.267. The van der Waals surface area contributed by atoms with Crippen LogP contribution >= 0.6 is 0 Å². The second kappa shape index (κ2) is 8.06. The zero-order valence-corrected chi connectivity index (χ0v) is 15.5. The third-order valence-corrected chi connectivity index (χ3v) is 4.47. The smallest absolute Gasteiger partial charge is 0.422 e. The SMILES string of the molecule is Cc1c(OCC(F)(F)F)ccnc1Cn1cc(C(O)=C2C(=O)CCCC2=O)cn1. The first-order valence-corrected chi connectivity index (χ1v) is 8.82. The summed E-state index contributed by atoms with van der Waals surface area (Å²) in [6.07, 6.45) is 0.480. The zero-order chi connectivity index (χ0) is 21.2. The van der Waals surface area contributed by atoms with E-state index in [2.05, 4.69) is 10.1 Å². The van der Waals surface area contributed by atoms with Gasteiger partial charge in [-0.3, -0.25) is 19.3 Å². The fourth-order valence-electron chi connectivity index (χ4n) is 2.98. The number of Topliss-reactive ketones (excluding diaryl/α,β-unsaturated/α-hetero) is 2. The molecule has 2 aromatic rings. The molecule has 0 aliphatic heterocycles. The predicted molar refractivity (Wildman–Crippen MR) is 95.3 cm³/mol. The summed E-state index contributed by atoms with van der Waals surface area (Å²) in [5.74, 6) is -1.17. The molecule has 0 unspecified atom stereocenters. The number of aliphatic hydroxyl groups is 1. The van der Waals surface area contributed by atoms with Gasteiger partial charge < -0.3 is 9.84 Å². The maximum Gasteiger partial charge on any atom is 0.422 e. The van der Waals surface area contributed by atoms with Gasteiger partial charge in [0.05, 0.1) is 24.0 Å². The van der Waals surface area contributed by atoms with Crippen molar-refractivity contribution in [2.24, 2.45) is 0 Å². The highest BCUT2D eigenvalue weighted by Crippen LogP contribution is 2.26. The molecule has 0 bridgehead atoms. The summed E-state index contributed by atoms with van der Waals surface area (Å²) in [5.41, 5.74) is 0.837. The third-order valence-electron chi connectivity index (χ3n) is 4.47. The molecular weight excluding hydrogens is 391 g/mol. The van der Waals surface area contributed by atoms with Gasteiger partial charge in [-0.1, -0.05) is 0 Å². The van der Waals surface area contributed by atoms with Crippen LogP contribution in [0.2, 0.25) is 0 Å². The first-order chi connectivity index (χ1) is 13.7. The van der Waals surface area contributed by atoms with Crippen LogP contribution in [0, 0.1) is 6.92 Å². The molecule has 0 saturated heterocycles. The van der Waals surface area contributed by atoms with Gasteiger partial charge in [0.15, 0.2) is 18.2 Å². The van der Waals surface area contributed by atoms with Gasteiger partial charge in [0.25, 0.3) is 0 Å². The highest BCUT2D eigenvalue weighted by atomic mass is 19.4. The average Bonchev–Trinajstić information content (AvgIpc) is 3.10. The van der Waals surface area contributed by atoms with E-state index in [9.17, 15) is 27.9 Å². The van der Waals surface area contributed by atoms with E-state index in [0.717, 1.165) is 0 Å². The molecule has 3 rings (SSSR count). The topological polar surface area (TPSA) is 94.3 Å². The number of alkyl halides is 3. The lowest BCUT2D eigenvalue weighted by molar-refractivity contribution is -0.153. The number of rotatable bonds is 5. The van der Waals surface area contributed by atoms with Crippen molar-refractivity contribution >= 4 is 17.3 Å². The van der Waals surface area contributed by atoms with E-state index < -0.39 is 30.1 Å². The molecule has 0 radical (unpaired) electrons. The van der Waals surface area contributed by atoms with Crippen molar-refractivity contribution in [3.8, 4) is 5.75 Å². The Hall–Kier alpha value is -3.17. The van der Waals surface area contributed by atoms with Crippen LogP contribution in [0.5, 0.6) is 5.75 Å². The average molecular weight is 409 g/mol. The Labute approximate surface area is 163 Å². The lowest BCUT2D eigenvalue weighted by atomic mass is 9.90. The Bertz CT molecular complexity index is 961. The minimum atomic E-state index is -4.45. The number of halogens is 3. The quantitative estimate of drug-likeness (QED) is 0.463. The Morgan fingerprint density at radius 3 is 2.62 bits per heavy atom. The minimum Gasteiger partial charge on any atom is -0.506 e. The molecule has 10 heteroatoms. The molecule has 1 aliphatic carbocycles. The molecule has 0 amide bonds. The van der Waals surface area contributed by atoms with Crippen molar-refractivity contribution in [1.29, 1.82) is 0 Å². The number of hydrogen-bond donors (Lipinski definition) is 1. The van der Waals surface area contributed by atoms with Gasteiger partial charge in [-0.15, -0.1) is 0 Å².